The molecule has 0 radical (unpaired) electrons. The third-order valence-electron chi connectivity index (χ3n) is 13.1. The molecule has 0 aliphatic carbocycles. The zero-order chi connectivity index (χ0) is 41.9. The molecule has 0 amide bonds. The van der Waals surface area contributed by atoms with Crippen LogP contribution in [0.3, 0.4) is 0 Å². The zero-order valence-corrected chi connectivity index (χ0v) is 34.4. The highest BCUT2D eigenvalue weighted by atomic mass is 16.3. The molecule has 5 aromatic heterocycles. The molecule has 9 aromatic carbocycles. The summed E-state index contributed by atoms with van der Waals surface area (Å²) in [6.07, 6.45) is 1.87. The Morgan fingerprint density at radius 1 is 0.328 bits per heavy atom. The second-order valence-corrected chi connectivity index (χ2v) is 16.6. The van der Waals surface area contributed by atoms with E-state index in [0.717, 1.165) is 77.6 Å². The first-order chi connectivity index (χ1) is 31.7. The molecule has 298 valence electrons. The molecule has 0 aliphatic rings. The quantitative estimate of drug-likeness (QED) is 0.174. The van der Waals surface area contributed by atoms with E-state index in [0.29, 0.717) is 5.95 Å². The van der Waals surface area contributed by atoms with E-state index in [1.807, 2.05) is 30.5 Å². The highest BCUT2D eigenvalue weighted by Gasteiger charge is 2.22. The normalized spacial score (nSPS) is 12.1. The number of hydrogen-bond donors (Lipinski definition) is 0. The predicted octanol–water partition coefficient (Wildman–Crippen LogP) is 15.0. The van der Waals surface area contributed by atoms with Gasteiger partial charge in [-0.2, -0.15) is 0 Å². The van der Waals surface area contributed by atoms with Gasteiger partial charge in [-0.05, 0) is 108 Å². The largest absolute Gasteiger partial charge is 0.456 e. The third kappa shape index (κ3) is 5.02. The molecule has 0 N–H and O–H groups in total. The van der Waals surface area contributed by atoms with E-state index in [4.69, 9.17) is 14.4 Å². The number of nitrogens with zero attached hydrogens (tertiary/aromatic N) is 5. The van der Waals surface area contributed by atoms with Crippen molar-refractivity contribution in [2.24, 2.45) is 0 Å². The lowest BCUT2D eigenvalue weighted by Crippen LogP contribution is -2.01. The van der Waals surface area contributed by atoms with Crippen molar-refractivity contribution in [3.05, 3.63) is 212 Å². The molecule has 0 bridgehead atoms. The van der Waals surface area contributed by atoms with Gasteiger partial charge in [0.2, 0.25) is 5.95 Å². The molecular formula is C58H35N5O. The second-order valence-electron chi connectivity index (χ2n) is 16.6. The molecule has 0 saturated heterocycles. The summed E-state index contributed by atoms with van der Waals surface area (Å²) < 4.78 is 13.2. The molecule has 0 aliphatic heterocycles. The number of rotatable bonds is 5. The fourth-order valence-corrected chi connectivity index (χ4v) is 10.3. The summed E-state index contributed by atoms with van der Waals surface area (Å²) in [4.78, 5) is 10.2. The molecule has 14 aromatic rings. The molecule has 14 rings (SSSR count). The van der Waals surface area contributed by atoms with Crippen molar-refractivity contribution in [2.75, 3.05) is 0 Å². The van der Waals surface area contributed by atoms with Crippen molar-refractivity contribution in [3.8, 4) is 39.7 Å². The molecule has 0 fully saturated rings. The van der Waals surface area contributed by atoms with Crippen LogP contribution in [0, 0.1) is 0 Å². The first-order valence-corrected chi connectivity index (χ1v) is 21.6. The Morgan fingerprint density at radius 3 is 1.67 bits per heavy atom. The monoisotopic (exact) mass is 817 g/mol. The lowest BCUT2D eigenvalue weighted by molar-refractivity contribution is 0.669. The standard InChI is InChI=1S/C58H35N5O/c1-2-14-39(15-3-1)61-48-21-8-4-17-41(48)45-34-37(25-27-51(45)61)36-13-12-16-40(33-36)62-49-22-9-5-19-43(49)56-52(62)28-29-53-57(56)44-20-6-10-23-50(44)63(53)58-59-32-31-47(60-58)38-26-30-55-46(35-38)42-18-7-11-24-54(42)64-55/h1-35H. The second kappa shape index (κ2) is 13.4. The molecule has 0 atom stereocenters. The van der Waals surface area contributed by atoms with Crippen LogP contribution >= 0.6 is 0 Å². The van der Waals surface area contributed by atoms with Crippen molar-refractivity contribution < 1.29 is 4.42 Å². The predicted molar refractivity (Wildman–Crippen MR) is 263 cm³/mol. The maximum absolute atomic E-state index is 6.15. The molecule has 6 heteroatoms. The van der Waals surface area contributed by atoms with Gasteiger partial charge in [0.1, 0.15) is 11.2 Å². The average molecular weight is 818 g/mol. The van der Waals surface area contributed by atoms with Crippen molar-refractivity contribution in [3.63, 3.8) is 0 Å². The number of hydrogen-bond acceptors (Lipinski definition) is 3. The Balaban J connectivity index is 0.938. The Hall–Kier alpha value is -8.74. The Bertz CT molecular complexity index is 4200. The number of aromatic nitrogens is 5. The number of furan rings is 1. The average Bonchev–Trinajstić information content (AvgIpc) is 4.10. The van der Waals surface area contributed by atoms with Crippen molar-refractivity contribution in [2.45, 2.75) is 0 Å². The van der Waals surface area contributed by atoms with Gasteiger partial charge in [-0.25, -0.2) is 9.97 Å². The summed E-state index contributed by atoms with van der Waals surface area (Å²) in [6, 6.07) is 73.6. The first-order valence-electron chi connectivity index (χ1n) is 21.6. The van der Waals surface area contributed by atoms with Gasteiger partial charge in [-0.15, -0.1) is 0 Å². The maximum Gasteiger partial charge on any atom is 0.235 e. The fraction of sp³-hybridized carbons (Fsp3) is 0. The lowest BCUT2D eigenvalue weighted by atomic mass is 10.0. The molecule has 0 spiro atoms. The van der Waals surface area contributed by atoms with Crippen LogP contribution < -0.4 is 0 Å². The van der Waals surface area contributed by atoms with Gasteiger partial charge in [-0.1, -0.05) is 109 Å². The van der Waals surface area contributed by atoms with Crippen molar-refractivity contribution in [1.82, 2.24) is 23.7 Å². The molecule has 6 nitrogen and oxygen atoms in total. The van der Waals surface area contributed by atoms with Crippen molar-refractivity contribution >= 4 is 87.4 Å². The molecular weight excluding hydrogens is 783 g/mol. The van der Waals surface area contributed by atoms with Crippen LogP contribution in [0.4, 0.5) is 0 Å². The molecule has 5 heterocycles. The first kappa shape index (κ1) is 34.9. The van der Waals surface area contributed by atoms with Gasteiger partial charge >= 0.3 is 0 Å². The highest BCUT2D eigenvalue weighted by Crippen LogP contribution is 2.43. The summed E-state index contributed by atoms with van der Waals surface area (Å²) in [7, 11) is 0. The van der Waals surface area contributed by atoms with Crippen LogP contribution in [-0.2, 0) is 0 Å². The summed E-state index contributed by atoms with van der Waals surface area (Å²) in [5.41, 5.74) is 15.0. The van der Waals surface area contributed by atoms with Crippen LogP contribution in [0.2, 0.25) is 0 Å². The number of para-hydroxylation sites is 5. The Morgan fingerprint density at radius 2 is 0.875 bits per heavy atom. The van der Waals surface area contributed by atoms with E-state index in [1.54, 1.807) is 0 Å². The van der Waals surface area contributed by atoms with Gasteiger partial charge in [0, 0.05) is 66.2 Å². The third-order valence-corrected chi connectivity index (χ3v) is 13.1. The molecule has 0 saturated carbocycles. The van der Waals surface area contributed by atoms with E-state index in [-0.39, 0.29) is 0 Å². The van der Waals surface area contributed by atoms with Crippen LogP contribution in [0.5, 0.6) is 0 Å². The van der Waals surface area contributed by atoms with E-state index >= 15 is 0 Å². The summed E-state index contributed by atoms with van der Waals surface area (Å²) in [5.74, 6) is 0.625. The molecule has 0 unspecified atom stereocenters. The summed E-state index contributed by atoms with van der Waals surface area (Å²) in [5, 5.41) is 9.38. The van der Waals surface area contributed by atoms with Gasteiger partial charge < -0.3 is 13.6 Å². The van der Waals surface area contributed by atoms with Gasteiger partial charge in [0.25, 0.3) is 0 Å². The maximum atomic E-state index is 6.15. The minimum absolute atomic E-state index is 0.625. The molecule has 64 heavy (non-hydrogen) atoms. The van der Waals surface area contributed by atoms with E-state index in [1.165, 1.54) is 43.5 Å². The van der Waals surface area contributed by atoms with Crippen LogP contribution in [0.15, 0.2) is 217 Å². The van der Waals surface area contributed by atoms with Crippen LogP contribution in [-0.4, -0.2) is 23.7 Å². The highest BCUT2D eigenvalue weighted by molar-refractivity contribution is 6.29. The Labute approximate surface area is 366 Å². The van der Waals surface area contributed by atoms with E-state index < -0.39 is 0 Å². The zero-order valence-electron chi connectivity index (χ0n) is 34.4. The minimum atomic E-state index is 0.625. The van der Waals surface area contributed by atoms with E-state index in [2.05, 4.69) is 196 Å². The summed E-state index contributed by atoms with van der Waals surface area (Å²) in [6.45, 7) is 0. The topological polar surface area (TPSA) is 53.7 Å². The minimum Gasteiger partial charge on any atom is -0.456 e. The van der Waals surface area contributed by atoms with Crippen molar-refractivity contribution in [1.29, 1.82) is 0 Å². The Kier molecular flexibility index (Phi) is 7.30. The lowest BCUT2D eigenvalue weighted by Gasteiger charge is -2.11. The van der Waals surface area contributed by atoms with Gasteiger partial charge in [0.05, 0.1) is 38.8 Å². The SMILES string of the molecule is c1ccc(-n2c3ccccc3c3cc(-c4cccc(-n5c6ccccc6c6c7c8ccccc8n(-c8nccc(-c9ccc%10oc%11ccccc%11c%10c9)n8)c7ccc65)c4)ccc32)cc1. The van der Waals surface area contributed by atoms with E-state index in [9.17, 15) is 0 Å². The number of benzene rings is 9. The summed E-state index contributed by atoms with van der Waals surface area (Å²) >= 11 is 0. The smallest absolute Gasteiger partial charge is 0.235 e. The number of fused-ring (bicyclic) bond motifs is 13. The van der Waals surface area contributed by atoms with Crippen LogP contribution in [0.1, 0.15) is 0 Å². The van der Waals surface area contributed by atoms with Crippen LogP contribution in [0.25, 0.3) is 127 Å². The van der Waals surface area contributed by atoms with Gasteiger partial charge in [-0.3, -0.25) is 4.57 Å². The fourth-order valence-electron chi connectivity index (χ4n) is 10.3. The van der Waals surface area contributed by atoms with Gasteiger partial charge in [0.15, 0.2) is 0 Å².